The Labute approximate surface area is 195 Å². The van der Waals surface area contributed by atoms with Gasteiger partial charge in [-0.15, -0.1) is 0 Å². The van der Waals surface area contributed by atoms with Gasteiger partial charge in [0.15, 0.2) is 0 Å². The third-order valence-corrected chi connectivity index (χ3v) is 5.85. The van der Waals surface area contributed by atoms with Crippen LogP contribution >= 0.6 is 0 Å². The largest absolute Gasteiger partial charge is 0.266 e. The first-order valence-electron chi connectivity index (χ1n) is 11.7. The number of hydrogen-bond acceptors (Lipinski definition) is 2. The average Bonchev–Trinajstić information content (AvgIpc) is 2.83. The Morgan fingerprint density at radius 3 is 2.06 bits per heavy atom. The minimum absolute atomic E-state index is 0.327. The van der Waals surface area contributed by atoms with Crippen LogP contribution in [0, 0.1) is 0 Å². The summed E-state index contributed by atoms with van der Waals surface area (Å²) in [6.45, 7) is 2.50. The molecule has 0 radical (unpaired) electrons. The van der Waals surface area contributed by atoms with Gasteiger partial charge in [0.1, 0.15) is 0 Å². The molecule has 3 rings (SSSR count). The van der Waals surface area contributed by atoms with Gasteiger partial charge in [0.2, 0.25) is 0 Å². The van der Waals surface area contributed by atoms with Gasteiger partial charge in [0.05, 0.1) is 6.61 Å². The van der Waals surface area contributed by atoms with Crippen LogP contribution in [0.5, 0.6) is 0 Å². The van der Waals surface area contributed by atoms with Crippen molar-refractivity contribution in [1.29, 1.82) is 0 Å². The summed E-state index contributed by atoms with van der Waals surface area (Å²) >= 11 is 0. The summed E-state index contributed by atoms with van der Waals surface area (Å²) < 4.78 is 24.9. The molecule has 0 saturated carbocycles. The highest BCUT2D eigenvalue weighted by Gasteiger charge is 2.09. The summed E-state index contributed by atoms with van der Waals surface area (Å²) in [5.41, 5.74) is 8.25. The Kier molecular flexibility index (Phi) is 9.79. The normalized spacial score (nSPS) is 10.9. The molecule has 0 saturated heterocycles. The zero-order valence-corrected chi connectivity index (χ0v) is 19.2. The van der Waals surface area contributed by atoms with E-state index in [1.54, 1.807) is 0 Å². The van der Waals surface area contributed by atoms with Crippen molar-refractivity contribution in [3.05, 3.63) is 95.6 Å². The van der Waals surface area contributed by atoms with Gasteiger partial charge >= 0.3 is 0 Å². The summed E-state index contributed by atoms with van der Waals surface area (Å²) in [7, 11) is 0. The second-order valence-electron chi connectivity index (χ2n) is 8.34. The number of unbranched alkanes of at least 4 members (excludes halogenated alkanes) is 1. The Hall–Kier alpha value is -2.82. The minimum atomic E-state index is -1.61. The predicted molar refractivity (Wildman–Crippen MR) is 131 cm³/mol. The van der Waals surface area contributed by atoms with Crippen molar-refractivity contribution < 1.29 is 18.9 Å². The second-order valence-corrected chi connectivity index (χ2v) is 8.34. The Bertz CT molecular complexity index is 1020. The number of benzene rings is 3. The highest BCUT2D eigenvalue weighted by Crippen LogP contribution is 2.31. The van der Waals surface area contributed by atoms with Crippen molar-refractivity contribution in [1.82, 2.24) is 0 Å². The first-order valence-corrected chi connectivity index (χ1v) is 11.7. The molecule has 174 valence electrons. The molecule has 0 atom stereocenters. The van der Waals surface area contributed by atoms with E-state index in [9.17, 15) is 8.78 Å². The minimum Gasteiger partial charge on any atom is -0.252 e. The number of rotatable bonds is 12. The molecule has 2 nitrogen and oxygen atoms in total. The maximum absolute atomic E-state index is 12.5. The zero-order valence-electron chi connectivity index (χ0n) is 19.2. The highest BCUT2D eigenvalue weighted by molar-refractivity contribution is 5.74. The van der Waals surface area contributed by atoms with Crippen LogP contribution in [-0.4, -0.2) is 11.9 Å². The molecule has 0 bridgehead atoms. The Balaban J connectivity index is 1.85. The lowest BCUT2D eigenvalue weighted by Crippen LogP contribution is -1.94. The van der Waals surface area contributed by atoms with Gasteiger partial charge in [-0.05, 0) is 83.5 Å². The monoisotopic (exact) mass is 450 g/mol. The maximum atomic E-state index is 12.5. The van der Waals surface area contributed by atoms with Crippen molar-refractivity contribution >= 4 is 0 Å². The molecule has 1 N–H and O–H groups in total. The van der Waals surface area contributed by atoms with E-state index in [4.69, 9.17) is 5.26 Å². The first-order chi connectivity index (χ1) is 16.1. The summed E-state index contributed by atoms with van der Waals surface area (Å²) in [4.78, 5) is 4.14. The van der Waals surface area contributed by atoms with Gasteiger partial charge < -0.3 is 0 Å². The van der Waals surface area contributed by atoms with Gasteiger partial charge in [-0.3, -0.25) is 5.26 Å². The molecule has 0 heterocycles. The zero-order chi connectivity index (χ0) is 23.5. The van der Waals surface area contributed by atoms with Crippen molar-refractivity contribution in [3.63, 3.8) is 0 Å². The molecule has 0 aliphatic heterocycles. The van der Waals surface area contributed by atoms with Crippen molar-refractivity contribution in [2.45, 2.75) is 51.9 Å². The van der Waals surface area contributed by atoms with E-state index < -0.39 is 6.08 Å². The lowest BCUT2D eigenvalue weighted by molar-refractivity contribution is -0.242. The van der Waals surface area contributed by atoms with E-state index in [0.717, 1.165) is 60.4 Å². The fourth-order valence-electron chi connectivity index (χ4n) is 4.11. The lowest BCUT2D eigenvalue weighted by Gasteiger charge is -2.13. The van der Waals surface area contributed by atoms with E-state index in [1.807, 2.05) is 0 Å². The van der Waals surface area contributed by atoms with Gasteiger partial charge in [0, 0.05) is 0 Å². The summed E-state index contributed by atoms with van der Waals surface area (Å²) in [5.74, 6) is 0. The molecule has 0 unspecified atom stereocenters. The molecule has 0 spiro atoms. The highest BCUT2D eigenvalue weighted by atomic mass is 19.3. The smallest absolute Gasteiger partial charge is 0.252 e. The van der Waals surface area contributed by atoms with E-state index >= 15 is 0 Å². The van der Waals surface area contributed by atoms with E-state index in [1.165, 1.54) is 16.7 Å². The van der Waals surface area contributed by atoms with Crippen LogP contribution in [0.4, 0.5) is 8.78 Å². The summed E-state index contributed by atoms with van der Waals surface area (Å²) in [5, 5.41) is 8.47. The van der Waals surface area contributed by atoms with Crippen molar-refractivity contribution in [2.75, 3.05) is 6.61 Å². The standard InChI is InChI=1S/C29H32F2O2/c1-2-6-22-12-16-25(17-13-22)28-19-18-26(21-27(28)8-3-4-9-29(30)31)24-14-10-23(11-15-24)7-5-20-33-32/h9-19,21,32H,2-8,20H2,1H3. The Morgan fingerprint density at radius 1 is 0.788 bits per heavy atom. The Morgan fingerprint density at radius 2 is 1.42 bits per heavy atom. The van der Waals surface area contributed by atoms with Gasteiger partial charge in [-0.1, -0.05) is 80.1 Å². The molecule has 4 heteroatoms. The summed E-state index contributed by atoms with van der Waals surface area (Å²) in [6, 6.07) is 23.6. The molecule has 0 aliphatic carbocycles. The van der Waals surface area contributed by atoms with Crippen LogP contribution in [0.3, 0.4) is 0 Å². The third kappa shape index (κ3) is 7.62. The fraction of sp³-hybridized carbons (Fsp3) is 0.310. The third-order valence-electron chi connectivity index (χ3n) is 5.85. The molecule has 0 amide bonds. The predicted octanol–water partition coefficient (Wildman–Crippen LogP) is 8.50. The molecular weight excluding hydrogens is 418 g/mol. The molecule has 33 heavy (non-hydrogen) atoms. The number of hydrogen-bond donors (Lipinski definition) is 1. The molecule has 0 aliphatic rings. The van der Waals surface area contributed by atoms with Crippen LogP contribution in [0.1, 0.15) is 49.3 Å². The molecule has 3 aromatic carbocycles. The van der Waals surface area contributed by atoms with Crippen LogP contribution in [0.2, 0.25) is 0 Å². The number of allylic oxidation sites excluding steroid dienone is 1. The topological polar surface area (TPSA) is 29.5 Å². The lowest BCUT2D eigenvalue weighted by atomic mass is 9.91. The molecule has 0 fully saturated rings. The van der Waals surface area contributed by atoms with Crippen LogP contribution in [-0.2, 0) is 24.2 Å². The van der Waals surface area contributed by atoms with E-state index in [-0.39, 0.29) is 0 Å². The van der Waals surface area contributed by atoms with E-state index in [0.29, 0.717) is 19.4 Å². The van der Waals surface area contributed by atoms with Gasteiger partial charge in [0.25, 0.3) is 6.08 Å². The van der Waals surface area contributed by atoms with Gasteiger partial charge in [-0.2, -0.15) is 8.78 Å². The maximum Gasteiger partial charge on any atom is 0.266 e. The first kappa shape index (κ1) is 24.8. The second kappa shape index (κ2) is 13.0. The fourth-order valence-corrected chi connectivity index (χ4v) is 4.11. The van der Waals surface area contributed by atoms with Crippen LogP contribution < -0.4 is 0 Å². The molecule has 3 aromatic rings. The SMILES string of the molecule is CCCc1ccc(-c2ccc(-c3ccc(CCCOO)cc3)cc2CCCC=C(F)F)cc1. The molecule has 0 aromatic heterocycles. The number of aryl methyl sites for hydroxylation is 3. The van der Waals surface area contributed by atoms with Crippen molar-refractivity contribution in [2.24, 2.45) is 0 Å². The molecular formula is C29H32F2O2. The average molecular weight is 451 g/mol. The van der Waals surface area contributed by atoms with Crippen LogP contribution in [0.15, 0.2) is 78.9 Å². The van der Waals surface area contributed by atoms with Crippen LogP contribution in [0.25, 0.3) is 22.3 Å². The quantitative estimate of drug-likeness (QED) is 0.170. The van der Waals surface area contributed by atoms with Crippen molar-refractivity contribution in [3.8, 4) is 22.3 Å². The number of halogens is 2. The van der Waals surface area contributed by atoms with E-state index in [2.05, 4.69) is 78.5 Å². The van der Waals surface area contributed by atoms with Gasteiger partial charge in [-0.25, -0.2) is 4.89 Å². The summed E-state index contributed by atoms with van der Waals surface area (Å²) in [6.07, 6.45) is 4.97.